The van der Waals surface area contributed by atoms with Crippen molar-refractivity contribution in [2.75, 3.05) is 13.2 Å². The van der Waals surface area contributed by atoms with E-state index in [1.165, 1.54) is 44.9 Å². The van der Waals surface area contributed by atoms with Crippen molar-refractivity contribution in [2.24, 2.45) is 46.3 Å². The summed E-state index contributed by atoms with van der Waals surface area (Å²) < 4.78 is 12.2. The number of carbonyl (C=O) groups is 1. The molecular formula is C26H42O3. The summed E-state index contributed by atoms with van der Waals surface area (Å²) in [4.78, 5) is 10.9. The lowest BCUT2D eigenvalue weighted by atomic mass is 9.44. The Labute approximate surface area is 177 Å². The van der Waals surface area contributed by atoms with Gasteiger partial charge in [0.15, 0.2) is 5.79 Å². The molecule has 0 aromatic heterocycles. The molecule has 1 aliphatic heterocycles. The summed E-state index contributed by atoms with van der Waals surface area (Å²) in [6.45, 7) is 9.28. The molecule has 4 aliphatic carbocycles. The van der Waals surface area contributed by atoms with E-state index in [0.717, 1.165) is 74.8 Å². The van der Waals surface area contributed by atoms with E-state index in [-0.39, 0.29) is 5.79 Å². The van der Waals surface area contributed by atoms with Crippen LogP contribution in [0.5, 0.6) is 0 Å². The van der Waals surface area contributed by atoms with Crippen LogP contribution in [-0.2, 0) is 14.3 Å². The van der Waals surface area contributed by atoms with E-state index in [1.807, 2.05) is 0 Å². The Morgan fingerprint density at radius 1 is 0.931 bits per heavy atom. The highest BCUT2D eigenvalue weighted by molar-refractivity contribution is 5.49. The molecule has 0 radical (unpaired) electrons. The quantitative estimate of drug-likeness (QED) is 0.541. The summed E-state index contributed by atoms with van der Waals surface area (Å²) in [5.74, 6) is 4.83. The molecule has 5 aliphatic rings. The van der Waals surface area contributed by atoms with E-state index >= 15 is 0 Å². The second-order valence-corrected chi connectivity index (χ2v) is 11.9. The van der Waals surface area contributed by atoms with E-state index in [2.05, 4.69) is 20.8 Å². The number of carbonyl (C=O) groups excluding carboxylic acids is 1. The van der Waals surface area contributed by atoms with Crippen LogP contribution in [0, 0.1) is 46.3 Å². The third kappa shape index (κ3) is 3.08. The van der Waals surface area contributed by atoms with Crippen molar-refractivity contribution in [3.05, 3.63) is 0 Å². The maximum absolute atomic E-state index is 10.9. The third-order valence-corrected chi connectivity index (χ3v) is 11.0. The van der Waals surface area contributed by atoms with Crippen molar-refractivity contribution in [1.82, 2.24) is 0 Å². The van der Waals surface area contributed by atoms with Crippen LogP contribution in [0.2, 0.25) is 0 Å². The summed E-state index contributed by atoms with van der Waals surface area (Å²) >= 11 is 0. The Hall–Kier alpha value is -0.410. The molecule has 0 N–H and O–H groups in total. The number of rotatable bonds is 4. The number of aldehydes is 1. The highest BCUT2D eigenvalue weighted by Gasteiger charge is 2.62. The Bertz CT molecular complexity index is 625. The first kappa shape index (κ1) is 20.5. The second kappa shape index (κ2) is 7.33. The lowest BCUT2D eigenvalue weighted by Crippen LogP contribution is -2.56. The van der Waals surface area contributed by atoms with Crippen LogP contribution in [0.3, 0.4) is 0 Å². The third-order valence-electron chi connectivity index (χ3n) is 11.0. The first-order chi connectivity index (χ1) is 13.9. The number of hydrogen-bond donors (Lipinski definition) is 0. The van der Waals surface area contributed by atoms with Gasteiger partial charge in [-0.1, -0.05) is 20.8 Å². The Morgan fingerprint density at radius 2 is 1.69 bits per heavy atom. The summed E-state index contributed by atoms with van der Waals surface area (Å²) in [6, 6.07) is 0. The highest BCUT2D eigenvalue weighted by atomic mass is 16.7. The van der Waals surface area contributed by atoms with Crippen LogP contribution in [-0.4, -0.2) is 25.3 Å². The zero-order valence-corrected chi connectivity index (χ0v) is 19.0. The smallest absolute Gasteiger partial charge is 0.168 e. The molecule has 5 rings (SSSR count). The van der Waals surface area contributed by atoms with Crippen molar-refractivity contribution in [3.8, 4) is 0 Å². The molecule has 29 heavy (non-hydrogen) atoms. The highest BCUT2D eigenvalue weighted by Crippen LogP contribution is 2.69. The Kier molecular flexibility index (Phi) is 5.18. The van der Waals surface area contributed by atoms with Gasteiger partial charge >= 0.3 is 0 Å². The van der Waals surface area contributed by atoms with Gasteiger partial charge in [-0.25, -0.2) is 0 Å². The molecule has 1 spiro atoms. The normalized spacial score (nSPS) is 49.3. The molecular weight excluding hydrogens is 360 g/mol. The van der Waals surface area contributed by atoms with Crippen molar-refractivity contribution in [3.63, 3.8) is 0 Å². The molecule has 1 heterocycles. The molecule has 0 aromatic rings. The van der Waals surface area contributed by atoms with E-state index in [1.54, 1.807) is 0 Å². The Morgan fingerprint density at radius 3 is 2.45 bits per heavy atom. The molecule has 4 unspecified atom stereocenters. The average Bonchev–Trinajstić information content (AvgIpc) is 3.31. The van der Waals surface area contributed by atoms with Gasteiger partial charge in [0, 0.05) is 19.3 Å². The average molecular weight is 403 g/mol. The minimum Gasteiger partial charge on any atom is -0.348 e. The zero-order chi connectivity index (χ0) is 20.3. The van der Waals surface area contributed by atoms with E-state index < -0.39 is 0 Å². The monoisotopic (exact) mass is 402 g/mol. The van der Waals surface area contributed by atoms with Gasteiger partial charge in [0.1, 0.15) is 6.29 Å². The van der Waals surface area contributed by atoms with Crippen LogP contribution >= 0.6 is 0 Å². The van der Waals surface area contributed by atoms with Crippen molar-refractivity contribution in [2.45, 2.75) is 97.2 Å². The molecule has 164 valence electrons. The van der Waals surface area contributed by atoms with Gasteiger partial charge in [-0.15, -0.1) is 0 Å². The molecule has 0 aromatic carbocycles. The van der Waals surface area contributed by atoms with Gasteiger partial charge in [-0.05, 0) is 97.7 Å². The van der Waals surface area contributed by atoms with Gasteiger partial charge in [-0.2, -0.15) is 0 Å². The lowest BCUT2D eigenvalue weighted by Gasteiger charge is -2.62. The van der Waals surface area contributed by atoms with Gasteiger partial charge in [-0.3, -0.25) is 0 Å². The van der Waals surface area contributed by atoms with Crippen LogP contribution < -0.4 is 0 Å². The number of ether oxygens (including phenoxy) is 2. The molecule has 4 saturated carbocycles. The van der Waals surface area contributed by atoms with Crippen molar-refractivity contribution < 1.29 is 14.3 Å². The van der Waals surface area contributed by atoms with Gasteiger partial charge in [0.2, 0.25) is 0 Å². The first-order valence-corrected chi connectivity index (χ1v) is 12.6. The fourth-order valence-electron chi connectivity index (χ4n) is 9.46. The fourth-order valence-corrected chi connectivity index (χ4v) is 9.46. The van der Waals surface area contributed by atoms with Gasteiger partial charge in [0.25, 0.3) is 0 Å². The largest absolute Gasteiger partial charge is 0.348 e. The van der Waals surface area contributed by atoms with E-state index in [0.29, 0.717) is 16.7 Å². The number of hydrogen-bond acceptors (Lipinski definition) is 3. The summed E-state index contributed by atoms with van der Waals surface area (Å²) in [5, 5.41) is 0. The SMILES string of the molecule is C[C@H](CCC=O)[C@H]1CCC2C3CCC4CC5(CC[C@]4(C)C3CC[C@@]21C)OCCO5. The predicted octanol–water partition coefficient (Wildman–Crippen LogP) is 6.00. The lowest BCUT2D eigenvalue weighted by molar-refractivity contribution is -0.229. The molecule has 1 saturated heterocycles. The molecule has 0 bridgehead atoms. The standard InChI is InChI=1S/C26H42O3/c1-18(5-4-14-27)21-8-9-22-20-7-6-19-17-26(28-15-16-29-26)13-12-24(19,2)23(20)10-11-25(21,22)3/h14,18-23H,4-13,15-17H2,1-3H3/t18-,19?,20?,21-,22?,23?,24+,25-/m1/s1. The maximum Gasteiger partial charge on any atom is 0.168 e. The molecule has 0 amide bonds. The van der Waals surface area contributed by atoms with Crippen LogP contribution in [0.15, 0.2) is 0 Å². The number of fused-ring (bicyclic) bond motifs is 5. The van der Waals surface area contributed by atoms with Crippen LogP contribution in [0.1, 0.15) is 91.4 Å². The molecule has 5 fully saturated rings. The van der Waals surface area contributed by atoms with E-state index in [9.17, 15) is 4.79 Å². The summed E-state index contributed by atoms with van der Waals surface area (Å²) in [6.07, 6.45) is 15.0. The van der Waals surface area contributed by atoms with Crippen molar-refractivity contribution in [1.29, 1.82) is 0 Å². The van der Waals surface area contributed by atoms with Crippen molar-refractivity contribution >= 4 is 6.29 Å². The molecule has 8 atom stereocenters. The minimum atomic E-state index is -0.230. The Balaban J connectivity index is 1.33. The first-order valence-electron chi connectivity index (χ1n) is 12.6. The van der Waals surface area contributed by atoms with Crippen LogP contribution in [0.4, 0.5) is 0 Å². The maximum atomic E-state index is 10.9. The molecule has 3 nitrogen and oxygen atoms in total. The van der Waals surface area contributed by atoms with Crippen LogP contribution in [0.25, 0.3) is 0 Å². The molecule has 3 heteroatoms. The minimum absolute atomic E-state index is 0.230. The van der Waals surface area contributed by atoms with Gasteiger partial charge < -0.3 is 14.3 Å². The summed E-state index contributed by atoms with van der Waals surface area (Å²) in [5.41, 5.74) is 1.01. The van der Waals surface area contributed by atoms with Gasteiger partial charge in [0.05, 0.1) is 13.2 Å². The fraction of sp³-hybridized carbons (Fsp3) is 0.962. The predicted molar refractivity (Wildman–Crippen MR) is 114 cm³/mol. The summed E-state index contributed by atoms with van der Waals surface area (Å²) in [7, 11) is 0. The topological polar surface area (TPSA) is 35.5 Å². The second-order valence-electron chi connectivity index (χ2n) is 11.9. The van der Waals surface area contributed by atoms with E-state index in [4.69, 9.17) is 9.47 Å². The zero-order valence-electron chi connectivity index (χ0n) is 19.0.